The quantitative estimate of drug-likeness (QED) is 0.816. The second-order valence-electron chi connectivity index (χ2n) is 5.80. The molecular weight excluding hydrogens is 312 g/mol. The van der Waals surface area contributed by atoms with Crippen LogP contribution in [0.15, 0.2) is 27.5 Å². The van der Waals surface area contributed by atoms with Gasteiger partial charge in [0.15, 0.2) is 5.76 Å². The molecule has 0 aliphatic carbocycles. The van der Waals surface area contributed by atoms with Crippen molar-refractivity contribution in [1.82, 2.24) is 19.8 Å². The molecule has 1 saturated heterocycles. The highest BCUT2D eigenvalue weighted by Gasteiger charge is 2.34. The fourth-order valence-electron chi connectivity index (χ4n) is 2.89. The van der Waals surface area contributed by atoms with Crippen LogP contribution in [-0.4, -0.2) is 46.0 Å². The van der Waals surface area contributed by atoms with Gasteiger partial charge in [0.1, 0.15) is 5.69 Å². The first-order chi connectivity index (χ1) is 11.6. The average Bonchev–Trinajstić information content (AvgIpc) is 3.22. The van der Waals surface area contributed by atoms with Crippen LogP contribution in [0.5, 0.6) is 0 Å². The normalized spacial score (nSPS) is 17.4. The molecule has 1 atom stereocenters. The Kier molecular flexibility index (Phi) is 4.75. The van der Waals surface area contributed by atoms with Crippen molar-refractivity contribution in [2.45, 2.75) is 32.4 Å². The largest absolute Gasteiger partial charge is 0.383 e. The molecule has 0 radical (unpaired) electrons. The minimum atomic E-state index is -0.257. The predicted molar refractivity (Wildman–Crippen MR) is 84.6 cm³/mol. The van der Waals surface area contributed by atoms with Crippen LogP contribution >= 0.6 is 0 Å². The van der Waals surface area contributed by atoms with E-state index in [1.54, 1.807) is 12.0 Å². The summed E-state index contributed by atoms with van der Waals surface area (Å²) in [6, 6.07) is 4.54. The van der Waals surface area contributed by atoms with E-state index in [0.29, 0.717) is 25.5 Å². The first kappa shape index (κ1) is 16.4. The molecule has 1 aliphatic rings. The topological polar surface area (TPSA) is 90.5 Å². The van der Waals surface area contributed by atoms with E-state index in [9.17, 15) is 9.59 Å². The summed E-state index contributed by atoms with van der Waals surface area (Å²) < 4.78 is 11.5. The minimum absolute atomic E-state index is 0.139. The fourth-order valence-corrected chi connectivity index (χ4v) is 2.89. The minimum Gasteiger partial charge on any atom is -0.383 e. The first-order valence-corrected chi connectivity index (χ1v) is 7.91. The van der Waals surface area contributed by atoms with Crippen molar-refractivity contribution < 1.29 is 14.1 Å². The Balaban J connectivity index is 1.84. The van der Waals surface area contributed by atoms with Gasteiger partial charge in [0.05, 0.1) is 24.9 Å². The number of rotatable bonds is 5. The van der Waals surface area contributed by atoms with Gasteiger partial charge in [-0.05, 0) is 25.8 Å². The molecule has 3 rings (SSSR count). The lowest BCUT2D eigenvalue weighted by Crippen LogP contribution is -2.34. The fraction of sp³-hybridized carbons (Fsp3) is 0.500. The number of hydrogen-bond donors (Lipinski definition) is 0. The maximum Gasteiger partial charge on any atom is 0.274 e. The maximum atomic E-state index is 12.8. The van der Waals surface area contributed by atoms with Gasteiger partial charge in [-0.3, -0.25) is 9.59 Å². The summed E-state index contributed by atoms with van der Waals surface area (Å²) in [5.41, 5.74) is 0.775. The van der Waals surface area contributed by atoms with Crippen LogP contribution in [0, 0.1) is 6.92 Å². The van der Waals surface area contributed by atoms with Crippen LogP contribution in [0.3, 0.4) is 0 Å². The number of aryl methyl sites for hydroxylation is 1. The van der Waals surface area contributed by atoms with Gasteiger partial charge in [-0.2, -0.15) is 5.10 Å². The number of amides is 1. The molecule has 1 amide bonds. The molecule has 8 nitrogen and oxygen atoms in total. The van der Waals surface area contributed by atoms with Gasteiger partial charge in [-0.15, -0.1) is 0 Å². The third-order valence-electron chi connectivity index (χ3n) is 4.08. The lowest BCUT2D eigenvalue weighted by Gasteiger charge is -2.22. The summed E-state index contributed by atoms with van der Waals surface area (Å²) in [4.78, 5) is 26.4. The third kappa shape index (κ3) is 3.23. The van der Waals surface area contributed by atoms with E-state index < -0.39 is 0 Å². The Hall–Kier alpha value is -2.48. The number of methoxy groups -OCH3 is 1. The van der Waals surface area contributed by atoms with Gasteiger partial charge in [0, 0.05) is 25.8 Å². The lowest BCUT2D eigenvalue weighted by molar-refractivity contribution is 0.0704. The Morgan fingerprint density at radius 3 is 3.00 bits per heavy atom. The second-order valence-corrected chi connectivity index (χ2v) is 5.80. The monoisotopic (exact) mass is 332 g/mol. The molecular formula is C16H20N4O4. The van der Waals surface area contributed by atoms with Crippen molar-refractivity contribution in [2.24, 2.45) is 0 Å². The summed E-state index contributed by atoms with van der Waals surface area (Å²) >= 11 is 0. The van der Waals surface area contributed by atoms with Gasteiger partial charge >= 0.3 is 0 Å². The molecule has 8 heteroatoms. The van der Waals surface area contributed by atoms with E-state index in [1.807, 2.05) is 13.0 Å². The molecule has 3 heterocycles. The van der Waals surface area contributed by atoms with Gasteiger partial charge in [0.2, 0.25) is 0 Å². The molecule has 0 unspecified atom stereocenters. The van der Waals surface area contributed by atoms with E-state index in [-0.39, 0.29) is 23.2 Å². The molecule has 2 aromatic heterocycles. The van der Waals surface area contributed by atoms with Crippen LogP contribution in [-0.2, 0) is 11.3 Å². The van der Waals surface area contributed by atoms with Crippen LogP contribution in [0.2, 0.25) is 0 Å². The molecule has 0 saturated carbocycles. The first-order valence-electron chi connectivity index (χ1n) is 7.91. The van der Waals surface area contributed by atoms with Crippen molar-refractivity contribution in [1.29, 1.82) is 0 Å². The van der Waals surface area contributed by atoms with E-state index >= 15 is 0 Å². The van der Waals surface area contributed by atoms with Crippen molar-refractivity contribution in [3.63, 3.8) is 0 Å². The van der Waals surface area contributed by atoms with E-state index in [0.717, 1.165) is 18.5 Å². The number of hydrogen-bond acceptors (Lipinski definition) is 6. The van der Waals surface area contributed by atoms with Crippen LogP contribution in [0.25, 0.3) is 0 Å². The number of carbonyl (C=O) groups excluding carboxylic acids is 1. The number of aromatic nitrogens is 3. The van der Waals surface area contributed by atoms with Gasteiger partial charge in [-0.1, -0.05) is 5.16 Å². The molecule has 0 bridgehead atoms. The molecule has 0 N–H and O–H groups in total. The Morgan fingerprint density at radius 1 is 1.46 bits per heavy atom. The summed E-state index contributed by atoms with van der Waals surface area (Å²) in [5.74, 6) is 0.476. The smallest absolute Gasteiger partial charge is 0.274 e. The Labute approximate surface area is 139 Å². The SMILES string of the molecule is COCCn1nc(C(=O)N2CCC[C@H]2c2cc(C)no2)ccc1=O. The highest BCUT2D eigenvalue weighted by atomic mass is 16.5. The zero-order valence-electron chi connectivity index (χ0n) is 13.8. The number of nitrogens with zero attached hydrogens (tertiary/aromatic N) is 4. The number of carbonyl (C=O) groups is 1. The lowest BCUT2D eigenvalue weighted by atomic mass is 10.1. The van der Waals surface area contributed by atoms with E-state index in [4.69, 9.17) is 9.26 Å². The summed E-state index contributed by atoms with van der Waals surface area (Å²) in [6.45, 7) is 3.14. The van der Waals surface area contributed by atoms with E-state index in [1.165, 1.54) is 16.8 Å². The summed E-state index contributed by atoms with van der Waals surface area (Å²) in [6.07, 6.45) is 1.71. The summed E-state index contributed by atoms with van der Waals surface area (Å²) in [5, 5.41) is 8.07. The third-order valence-corrected chi connectivity index (χ3v) is 4.08. The second kappa shape index (κ2) is 6.96. The molecule has 1 fully saturated rings. The van der Waals surface area contributed by atoms with Crippen LogP contribution < -0.4 is 5.56 Å². The molecule has 0 aromatic carbocycles. The summed E-state index contributed by atoms with van der Waals surface area (Å²) in [7, 11) is 1.55. The van der Waals surface area contributed by atoms with Gasteiger partial charge in [0.25, 0.3) is 11.5 Å². The Bertz CT molecular complexity index is 782. The molecule has 2 aromatic rings. The van der Waals surface area contributed by atoms with Crippen LogP contribution in [0.1, 0.15) is 40.8 Å². The zero-order chi connectivity index (χ0) is 17.1. The molecule has 128 valence electrons. The average molecular weight is 332 g/mol. The molecule has 1 aliphatic heterocycles. The predicted octanol–water partition coefficient (Wildman–Crippen LogP) is 1.16. The van der Waals surface area contributed by atoms with Gasteiger partial charge in [-0.25, -0.2) is 4.68 Å². The molecule has 24 heavy (non-hydrogen) atoms. The highest BCUT2D eigenvalue weighted by molar-refractivity contribution is 5.92. The number of likely N-dealkylation sites (tertiary alicyclic amines) is 1. The van der Waals surface area contributed by atoms with Gasteiger partial charge < -0.3 is 14.2 Å². The van der Waals surface area contributed by atoms with E-state index in [2.05, 4.69) is 10.3 Å². The maximum absolute atomic E-state index is 12.8. The van der Waals surface area contributed by atoms with Crippen LogP contribution in [0.4, 0.5) is 0 Å². The highest BCUT2D eigenvalue weighted by Crippen LogP contribution is 2.33. The zero-order valence-corrected chi connectivity index (χ0v) is 13.8. The standard InChI is InChI=1S/C16H20N4O4/c1-11-10-14(24-18-11)13-4-3-7-19(13)16(22)12-5-6-15(21)20(17-12)8-9-23-2/h5-6,10,13H,3-4,7-9H2,1-2H3/t13-/m0/s1. The number of ether oxygens (including phenoxy) is 1. The van der Waals surface area contributed by atoms with Crippen molar-refractivity contribution in [3.05, 3.63) is 45.7 Å². The van der Waals surface area contributed by atoms with Crippen molar-refractivity contribution in [2.75, 3.05) is 20.3 Å². The van der Waals surface area contributed by atoms with Crippen molar-refractivity contribution >= 4 is 5.91 Å². The van der Waals surface area contributed by atoms with Crippen molar-refractivity contribution in [3.8, 4) is 0 Å². The molecule has 0 spiro atoms. The Morgan fingerprint density at radius 2 is 2.29 bits per heavy atom.